The SMILES string of the molecule is CS/C(=C\c1cccc(C)c1OCc1cc(Br)c2occc2c1)[S+](C)[O-]. The molecule has 0 aliphatic rings. The summed E-state index contributed by atoms with van der Waals surface area (Å²) >= 11 is 4.02. The van der Waals surface area contributed by atoms with Gasteiger partial charge in [0, 0.05) is 17.0 Å². The van der Waals surface area contributed by atoms with Crippen molar-refractivity contribution in [2.24, 2.45) is 0 Å². The standard InChI is InChI=1S/C20H19BrO3S2/c1-13-5-4-6-15(11-18(25-2)26(3)22)19(13)24-12-14-9-16-7-8-23-20(16)17(21)10-14/h4-11H,12H2,1-3H3/b18-11+. The van der Waals surface area contributed by atoms with E-state index in [4.69, 9.17) is 9.15 Å². The van der Waals surface area contributed by atoms with Gasteiger partial charge in [0.25, 0.3) is 0 Å². The molecule has 0 N–H and O–H groups in total. The zero-order valence-corrected chi connectivity index (χ0v) is 18.0. The highest BCUT2D eigenvalue weighted by Crippen LogP contribution is 2.31. The summed E-state index contributed by atoms with van der Waals surface area (Å²) in [6, 6.07) is 12.0. The summed E-state index contributed by atoms with van der Waals surface area (Å²) < 4.78 is 25.2. The van der Waals surface area contributed by atoms with Crippen LogP contribution in [0.15, 0.2) is 55.8 Å². The molecule has 0 fully saturated rings. The first kappa shape index (κ1) is 19.4. The van der Waals surface area contributed by atoms with Crippen LogP contribution < -0.4 is 4.74 Å². The van der Waals surface area contributed by atoms with Crippen LogP contribution in [-0.2, 0) is 17.8 Å². The molecule has 0 saturated heterocycles. The topological polar surface area (TPSA) is 45.4 Å². The molecule has 2 aromatic carbocycles. The Balaban J connectivity index is 1.89. The van der Waals surface area contributed by atoms with Gasteiger partial charge in [0.15, 0.2) is 4.24 Å². The average Bonchev–Trinajstić information content (AvgIpc) is 3.07. The Morgan fingerprint density at radius 1 is 1.35 bits per heavy atom. The third-order valence-corrected chi connectivity index (χ3v) is 6.95. The van der Waals surface area contributed by atoms with Gasteiger partial charge in [-0.3, -0.25) is 0 Å². The van der Waals surface area contributed by atoms with Crippen molar-refractivity contribution in [3.05, 3.63) is 68.1 Å². The summed E-state index contributed by atoms with van der Waals surface area (Å²) in [5, 5.41) is 1.04. The van der Waals surface area contributed by atoms with Gasteiger partial charge in [-0.05, 0) is 69.6 Å². The zero-order chi connectivity index (χ0) is 18.7. The van der Waals surface area contributed by atoms with E-state index in [1.807, 2.05) is 49.6 Å². The zero-order valence-electron chi connectivity index (χ0n) is 14.7. The van der Waals surface area contributed by atoms with E-state index < -0.39 is 11.2 Å². The molecule has 3 nitrogen and oxygen atoms in total. The maximum absolute atomic E-state index is 11.9. The molecule has 0 aliphatic heterocycles. The molecule has 26 heavy (non-hydrogen) atoms. The molecule has 0 spiro atoms. The van der Waals surface area contributed by atoms with Crippen molar-refractivity contribution in [1.29, 1.82) is 0 Å². The Bertz CT molecular complexity index is 947. The van der Waals surface area contributed by atoms with Crippen LogP contribution in [0.2, 0.25) is 0 Å². The monoisotopic (exact) mass is 450 g/mol. The Morgan fingerprint density at radius 3 is 2.88 bits per heavy atom. The van der Waals surface area contributed by atoms with Crippen molar-refractivity contribution in [2.75, 3.05) is 12.5 Å². The quantitative estimate of drug-likeness (QED) is 0.424. The average molecular weight is 451 g/mol. The molecular weight excluding hydrogens is 432 g/mol. The Hall–Kier alpha value is -1.34. The summed E-state index contributed by atoms with van der Waals surface area (Å²) in [6.45, 7) is 2.46. The van der Waals surface area contributed by atoms with E-state index in [2.05, 4.69) is 22.0 Å². The van der Waals surface area contributed by atoms with Crippen LogP contribution >= 0.6 is 27.7 Å². The number of halogens is 1. The van der Waals surface area contributed by atoms with Crippen LogP contribution in [0, 0.1) is 6.92 Å². The van der Waals surface area contributed by atoms with Crippen molar-refractivity contribution in [3.63, 3.8) is 0 Å². The highest BCUT2D eigenvalue weighted by molar-refractivity contribution is 9.10. The highest BCUT2D eigenvalue weighted by atomic mass is 79.9. The van der Waals surface area contributed by atoms with Crippen LogP contribution in [0.5, 0.6) is 5.75 Å². The lowest BCUT2D eigenvalue weighted by molar-refractivity contribution is 0.303. The largest absolute Gasteiger partial charge is 0.611 e. The van der Waals surface area contributed by atoms with E-state index in [-0.39, 0.29) is 0 Å². The molecule has 3 rings (SSSR count). The van der Waals surface area contributed by atoms with E-state index in [9.17, 15) is 4.55 Å². The number of benzene rings is 2. The van der Waals surface area contributed by atoms with Crippen LogP contribution in [0.25, 0.3) is 17.0 Å². The van der Waals surface area contributed by atoms with Crippen molar-refractivity contribution in [1.82, 2.24) is 0 Å². The first-order valence-corrected chi connectivity index (χ1v) is 11.5. The summed E-state index contributed by atoms with van der Waals surface area (Å²) in [5.74, 6) is 0.813. The fourth-order valence-electron chi connectivity index (χ4n) is 2.71. The molecule has 0 saturated carbocycles. The number of para-hydroxylation sites is 1. The number of furan rings is 1. The summed E-state index contributed by atoms with van der Waals surface area (Å²) in [6.07, 6.45) is 7.25. The number of fused-ring (bicyclic) bond motifs is 1. The molecule has 0 aliphatic carbocycles. The molecule has 6 heteroatoms. The van der Waals surface area contributed by atoms with Crippen LogP contribution in [0.3, 0.4) is 0 Å². The van der Waals surface area contributed by atoms with E-state index in [0.29, 0.717) is 6.61 Å². The molecule has 0 amide bonds. The molecule has 1 heterocycles. The second-order valence-electron chi connectivity index (χ2n) is 5.82. The molecule has 1 aromatic heterocycles. The summed E-state index contributed by atoms with van der Waals surface area (Å²) in [4.78, 5) is 0. The smallest absolute Gasteiger partial charge is 0.186 e. The van der Waals surface area contributed by atoms with Gasteiger partial charge in [-0.1, -0.05) is 30.0 Å². The van der Waals surface area contributed by atoms with Gasteiger partial charge in [0.05, 0.1) is 10.7 Å². The van der Waals surface area contributed by atoms with Crippen molar-refractivity contribution < 1.29 is 13.7 Å². The Morgan fingerprint density at radius 2 is 2.15 bits per heavy atom. The summed E-state index contributed by atoms with van der Waals surface area (Å²) in [5.41, 5.74) is 3.87. The second-order valence-corrected chi connectivity index (χ2v) is 9.13. The molecule has 136 valence electrons. The fraction of sp³-hybridized carbons (Fsp3) is 0.200. The lowest BCUT2D eigenvalue weighted by Crippen LogP contribution is -2.01. The lowest BCUT2D eigenvalue weighted by atomic mass is 10.1. The molecule has 1 atom stereocenters. The molecular formula is C20H19BrO3S2. The third-order valence-electron chi connectivity index (χ3n) is 3.95. The highest BCUT2D eigenvalue weighted by Gasteiger charge is 2.12. The van der Waals surface area contributed by atoms with Gasteiger partial charge in [0.1, 0.15) is 24.2 Å². The van der Waals surface area contributed by atoms with Crippen LogP contribution in [-0.4, -0.2) is 17.1 Å². The van der Waals surface area contributed by atoms with E-state index in [1.54, 1.807) is 12.5 Å². The number of aryl methyl sites for hydroxylation is 1. The predicted molar refractivity (Wildman–Crippen MR) is 115 cm³/mol. The second kappa shape index (κ2) is 8.57. The van der Waals surface area contributed by atoms with Gasteiger partial charge in [-0.15, -0.1) is 0 Å². The van der Waals surface area contributed by atoms with Crippen LogP contribution in [0.4, 0.5) is 0 Å². The number of ether oxygens (including phenoxy) is 1. The number of hydrogen-bond donors (Lipinski definition) is 0. The molecule has 1 unspecified atom stereocenters. The first-order chi connectivity index (χ1) is 12.5. The van der Waals surface area contributed by atoms with E-state index in [0.717, 1.165) is 42.1 Å². The van der Waals surface area contributed by atoms with Crippen molar-refractivity contribution in [3.8, 4) is 5.75 Å². The normalized spacial score (nSPS) is 13.2. The van der Waals surface area contributed by atoms with Crippen LogP contribution in [0.1, 0.15) is 16.7 Å². The minimum absolute atomic E-state index is 0.440. The maximum Gasteiger partial charge on any atom is 0.186 e. The lowest BCUT2D eigenvalue weighted by Gasteiger charge is -2.14. The molecule has 0 bridgehead atoms. The molecule has 3 aromatic rings. The van der Waals surface area contributed by atoms with E-state index >= 15 is 0 Å². The fourth-order valence-corrected chi connectivity index (χ4v) is 4.80. The van der Waals surface area contributed by atoms with Gasteiger partial charge in [-0.25, -0.2) is 0 Å². The van der Waals surface area contributed by atoms with Crippen molar-refractivity contribution in [2.45, 2.75) is 13.5 Å². The summed E-state index contributed by atoms with van der Waals surface area (Å²) in [7, 11) is 0. The third kappa shape index (κ3) is 4.31. The van der Waals surface area contributed by atoms with E-state index in [1.165, 1.54) is 11.8 Å². The minimum atomic E-state index is -1.02. The molecule has 0 radical (unpaired) electrons. The van der Waals surface area contributed by atoms with Gasteiger partial charge in [0.2, 0.25) is 0 Å². The maximum atomic E-state index is 11.9. The van der Waals surface area contributed by atoms with Gasteiger partial charge < -0.3 is 13.7 Å². The minimum Gasteiger partial charge on any atom is -0.611 e. The van der Waals surface area contributed by atoms with Crippen molar-refractivity contribution >= 4 is 55.9 Å². The number of thioether (sulfide) groups is 1. The predicted octanol–water partition coefficient (Wildman–Crippen LogP) is 6.12. The number of hydrogen-bond acceptors (Lipinski definition) is 4. The first-order valence-electron chi connectivity index (χ1n) is 7.96. The van der Waals surface area contributed by atoms with Gasteiger partial charge >= 0.3 is 0 Å². The Labute approximate surface area is 169 Å². The number of rotatable bonds is 6. The Kier molecular flexibility index (Phi) is 6.40. The van der Waals surface area contributed by atoms with Gasteiger partial charge in [-0.2, -0.15) is 0 Å².